The largest absolute Gasteiger partial charge is 0.465 e. The Kier molecular flexibility index (Phi) is 4.55. The molecule has 2 rings (SSSR count). The van der Waals surface area contributed by atoms with Crippen LogP contribution in [0.2, 0.25) is 0 Å². The molecule has 0 radical (unpaired) electrons. The lowest BCUT2D eigenvalue weighted by molar-refractivity contribution is 0.209. The van der Waals surface area contributed by atoms with Gasteiger partial charge in [0.2, 0.25) is 0 Å². The van der Waals surface area contributed by atoms with Crippen molar-refractivity contribution in [3.63, 3.8) is 0 Å². The van der Waals surface area contributed by atoms with Crippen LogP contribution in [0.25, 0.3) is 11.3 Å². The molecule has 0 saturated carbocycles. The average Bonchev–Trinajstić information content (AvgIpc) is 2.47. The van der Waals surface area contributed by atoms with E-state index in [1.54, 1.807) is 36.4 Å². The predicted octanol–water partition coefficient (Wildman–Crippen LogP) is 2.19. The van der Waals surface area contributed by atoms with Crippen LogP contribution < -0.4 is 11.1 Å². The summed E-state index contributed by atoms with van der Waals surface area (Å²) in [5.41, 5.74) is 7.62. The van der Waals surface area contributed by atoms with E-state index in [1.807, 2.05) is 0 Å². The van der Waals surface area contributed by atoms with Crippen molar-refractivity contribution in [2.45, 2.75) is 11.8 Å². The molecule has 0 saturated heterocycles. The first kappa shape index (κ1) is 16.1. The van der Waals surface area contributed by atoms with Gasteiger partial charge in [-0.2, -0.15) is 0 Å². The second-order valence-corrected chi connectivity index (χ2v) is 6.12. The number of pyridine rings is 1. The fourth-order valence-electron chi connectivity index (χ4n) is 1.85. The van der Waals surface area contributed by atoms with Crippen molar-refractivity contribution in [2.24, 2.45) is 5.73 Å². The highest BCUT2D eigenvalue weighted by molar-refractivity contribution is 7.80. The van der Waals surface area contributed by atoms with Crippen LogP contribution >= 0.6 is 0 Å². The number of nitrogens with zero attached hydrogens (tertiary/aromatic N) is 1. The number of anilines is 1. The maximum atomic E-state index is 11.2. The van der Waals surface area contributed by atoms with E-state index in [9.17, 15) is 13.6 Å². The zero-order valence-corrected chi connectivity index (χ0v) is 12.5. The molecule has 1 amide bonds. The summed E-state index contributed by atoms with van der Waals surface area (Å²) in [6.07, 6.45) is -1.19. The molecular weight excluding hydrogens is 306 g/mol. The van der Waals surface area contributed by atoms with Gasteiger partial charge in [-0.3, -0.25) is 5.32 Å². The minimum atomic E-state index is -2.20. The molecule has 5 N–H and O–H groups in total. The van der Waals surface area contributed by atoms with Crippen LogP contribution in [0.4, 0.5) is 10.6 Å². The van der Waals surface area contributed by atoms with Gasteiger partial charge in [0.25, 0.3) is 0 Å². The van der Waals surface area contributed by atoms with Crippen molar-refractivity contribution in [1.82, 2.24) is 4.98 Å². The number of aromatic nitrogens is 1. The number of benzene rings is 1. The molecule has 7 nitrogen and oxygen atoms in total. The van der Waals surface area contributed by atoms with E-state index >= 15 is 0 Å². The SMILES string of the molecule is CC(N)(c1ccc(-c2cccc(NC(=O)O)n2)cc1)S(=O)O. The maximum absolute atomic E-state index is 11.2. The van der Waals surface area contributed by atoms with Gasteiger partial charge in [-0.1, -0.05) is 30.3 Å². The molecule has 1 aromatic carbocycles. The van der Waals surface area contributed by atoms with E-state index in [1.165, 1.54) is 13.0 Å². The van der Waals surface area contributed by atoms with Gasteiger partial charge >= 0.3 is 6.09 Å². The number of hydrogen-bond donors (Lipinski definition) is 4. The lowest BCUT2D eigenvalue weighted by atomic mass is 10.0. The lowest BCUT2D eigenvalue weighted by Gasteiger charge is -2.20. The molecule has 0 aliphatic rings. The second kappa shape index (κ2) is 6.22. The number of carboxylic acid groups (broad SMARTS) is 1. The molecule has 0 fully saturated rings. The molecule has 2 unspecified atom stereocenters. The molecular formula is C14H15N3O4S. The standard InChI is InChI=1S/C14H15N3O4S/c1-14(15,22(20)21)10-7-5-9(6-8-10)11-3-2-4-12(16-11)17-13(18)19/h2-8H,15H2,1H3,(H,16,17)(H,18,19)(H,20,21). The Morgan fingerprint density at radius 2 is 1.91 bits per heavy atom. The molecule has 0 aliphatic carbocycles. The highest BCUT2D eigenvalue weighted by Gasteiger charge is 2.27. The monoisotopic (exact) mass is 321 g/mol. The Morgan fingerprint density at radius 1 is 1.27 bits per heavy atom. The summed E-state index contributed by atoms with van der Waals surface area (Å²) in [7, 11) is 0. The van der Waals surface area contributed by atoms with Crippen LogP contribution in [0.5, 0.6) is 0 Å². The fraction of sp³-hybridized carbons (Fsp3) is 0.143. The molecule has 22 heavy (non-hydrogen) atoms. The van der Waals surface area contributed by atoms with Gasteiger partial charge in [0, 0.05) is 5.56 Å². The highest BCUT2D eigenvalue weighted by atomic mass is 32.2. The number of carbonyl (C=O) groups is 1. The third kappa shape index (κ3) is 3.48. The maximum Gasteiger partial charge on any atom is 0.410 e. The summed E-state index contributed by atoms with van der Waals surface area (Å²) in [6.45, 7) is 1.47. The summed E-state index contributed by atoms with van der Waals surface area (Å²) in [4.78, 5) is 13.4. The molecule has 2 atom stereocenters. The first-order valence-electron chi connectivity index (χ1n) is 6.28. The van der Waals surface area contributed by atoms with Gasteiger partial charge in [-0.15, -0.1) is 0 Å². The van der Waals surface area contributed by atoms with Crippen molar-refractivity contribution in [3.8, 4) is 11.3 Å². The Hall–Kier alpha value is -2.29. The van der Waals surface area contributed by atoms with E-state index < -0.39 is 22.0 Å². The average molecular weight is 321 g/mol. The van der Waals surface area contributed by atoms with Gasteiger partial charge in [-0.05, 0) is 24.6 Å². The van der Waals surface area contributed by atoms with Crippen molar-refractivity contribution in [2.75, 3.05) is 5.32 Å². The molecule has 116 valence electrons. The third-order valence-corrected chi connectivity index (χ3v) is 4.06. The molecule has 1 aromatic heterocycles. The van der Waals surface area contributed by atoms with E-state index in [4.69, 9.17) is 10.8 Å². The van der Waals surface area contributed by atoms with Crippen LogP contribution in [0, 0.1) is 0 Å². The smallest absolute Gasteiger partial charge is 0.410 e. The van der Waals surface area contributed by atoms with Gasteiger partial charge in [0.05, 0.1) is 5.69 Å². The molecule has 0 bridgehead atoms. The summed E-state index contributed by atoms with van der Waals surface area (Å²) in [5.74, 6) is 0.217. The quantitative estimate of drug-likeness (QED) is 0.640. The second-order valence-electron chi connectivity index (χ2n) is 4.77. The Bertz CT molecular complexity index is 716. The Labute approximate surface area is 129 Å². The zero-order chi connectivity index (χ0) is 16.3. The third-order valence-electron chi connectivity index (χ3n) is 3.10. The van der Waals surface area contributed by atoms with Crippen molar-refractivity contribution in [3.05, 3.63) is 48.0 Å². The number of nitrogens with two attached hydrogens (primary N) is 1. The van der Waals surface area contributed by atoms with Crippen molar-refractivity contribution < 1.29 is 18.7 Å². The predicted molar refractivity (Wildman–Crippen MR) is 83.6 cm³/mol. The van der Waals surface area contributed by atoms with Gasteiger partial charge < -0.3 is 15.4 Å². The molecule has 8 heteroatoms. The van der Waals surface area contributed by atoms with E-state index in [0.717, 1.165) is 5.56 Å². The van der Waals surface area contributed by atoms with Crippen molar-refractivity contribution in [1.29, 1.82) is 0 Å². The normalized spacial score (nSPS) is 14.9. The lowest BCUT2D eigenvalue weighted by Crippen LogP contribution is -2.37. The van der Waals surface area contributed by atoms with Crippen LogP contribution in [0.15, 0.2) is 42.5 Å². The van der Waals surface area contributed by atoms with Crippen LogP contribution in [-0.4, -0.2) is 24.9 Å². The minimum absolute atomic E-state index is 0.217. The van der Waals surface area contributed by atoms with Crippen molar-refractivity contribution >= 4 is 23.0 Å². The number of nitrogens with one attached hydrogen (secondary N) is 1. The summed E-state index contributed by atoms with van der Waals surface area (Å²) in [5, 5.41) is 10.9. The minimum Gasteiger partial charge on any atom is -0.465 e. The van der Waals surface area contributed by atoms with Gasteiger partial charge in [0.15, 0.2) is 11.1 Å². The Balaban J connectivity index is 2.31. The highest BCUT2D eigenvalue weighted by Crippen LogP contribution is 2.25. The van der Waals surface area contributed by atoms with E-state index in [2.05, 4.69) is 10.3 Å². The number of amides is 1. The number of rotatable bonds is 4. The molecule has 0 spiro atoms. The Morgan fingerprint density at radius 3 is 2.45 bits per heavy atom. The van der Waals surface area contributed by atoms with Crippen LogP contribution in [0.3, 0.4) is 0 Å². The zero-order valence-electron chi connectivity index (χ0n) is 11.7. The molecule has 2 aromatic rings. The van der Waals surface area contributed by atoms with Gasteiger partial charge in [0.1, 0.15) is 10.7 Å². The fourth-order valence-corrected chi connectivity index (χ4v) is 2.19. The van der Waals surface area contributed by atoms with Crippen LogP contribution in [-0.2, 0) is 16.0 Å². The van der Waals surface area contributed by atoms with Gasteiger partial charge in [-0.25, -0.2) is 14.0 Å². The van der Waals surface area contributed by atoms with Crippen LogP contribution in [0.1, 0.15) is 12.5 Å². The topological polar surface area (TPSA) is 126 Å². The first-order valence-corrected chi connectivity index (χ1v) is 7.39. The molecule has 1 heterocycles. The van der Waals surface area contributed by atoms with E-state index in [0.29, 0.717) is 11.3 Å². The first-order chi connectivity index (χ1) is 10.3. The summed E-state index contributed by atoms with van der Waals surface area (Å²) >= 11 is -2.20. The molecule has 0 aliphatic heterocycles. The van der Waals surface area contributed by atoms with E-state index in [-0.39, 0.29) is 5.82 Å². The summed E-state index contributed by atoms with van der Waals surface area (Å²) < 4.78 is 20.4. The number of hydrogen-bond acceptors (Lipinski definition) is 4. The summed E-state index contributed by atoms with van der Waals surface area (Å²) in [6, 6.07) is 11.6.